The molecule has 0 aromatic rings. The highest BCUT2D eigenvalue weighted by atomic mass is 79.9. The SMILES string of the molecule is [B]C1=CC=C(Br)CC1. The van der Waals surface area contributed by atoms with Gasteiger partial charge in [0.25, 0.3) is 0 Å². The van der Waals surface area contributed by atoms with Crippen LogP contribution in [-0.2, 0) is 0 Å². The molecule has 0 unspecified atom stereocenters. The Hall–Kier alpha value is 0.0249. The number of rotatable bonds is 0. The fraction of sp³-hybridized carbons (Fsp3) is 0.333. The van der Waals surface area contributed by atoms with E-state index in [9.17, 15) is 0 Å². The van der Waals surface area contributed by atoms with E-state index in [1.807, 2.05) is 12.2 Å². The van der Waals surface area contributed by atoms with Crippen molar-refractivity contribution in [2.45, 2.75) is 12.8 Å². The minimum atomic E-state index is 0.980. The molecule has 0 heterocycles. The molecule has 2 heteroatoms. The second-order valence-corrected chi connectivity index (χ2v) is 2.87. The maximum Gasteiger partial charge on any atom is 0.107 e. The Labute approximate surface area is 59.2 Å². The van der Waals surface area contributed by atoms with E-state index in [0.717, 1.165) is 18.3 Å². The van der Waals surface area contributed by atoms with Gasteiger partial charge in [0.15, 0.2) is 0 Å². The Balaban J connectivity index is 2.65. The molecule has 0 saturated heterocycles. The van der Waals surface area contributed by atoms with Crippen LogP contribution in [0.15, 0.2) is 22.1 Å². The van der Waals surface area contributed by atoms with Crippen molar-refractivity contribution < 1.29 is 0 Å². The first-order valence-electron chi connectivity index (χ1n) is 2.60. The first-order chi connectivity index (χ1) is 3.79. The lowest BCUT2D eigenvalue weighted by Gasteiger charge is -2.04. The van der Waals surface area contributed by atoms with Crippen LogP contribution in [0.1, 0.15) is 12.8 Å². The smallest absolute Gasteiger partial charge is 0.107 e. The van der Waals surface area contributed by atoms with Gasteiger partial charge >= 0.3 is 0 Å². The summed E-state index contributed by atoms with van der Waals surface area (Å²) in [5.74, 6) is 0. The normalized spacial score (nSPS) is 19.6. The average molecular weight is 169 g/mol. The lowest BCUT2D eigenvalue weighted by molar-refractivity contribution is 1.01. The topological polar surface area (TPSA) is 0 Å². The van der Waals surface area contributed by atoms with Crippen LogP contribution in [0.25, 0.3) is 0 Å². The molecule has 0 aromatic heterocycles. The first kappa shape index (κ1) is 6.15. The van der Waals surface area contributed by atoms with Crippen molar-refractivity contribution in [3.05, 3.63) is 22.1 Å². The Morgan fingerprint density at radius 1 is 1.38 bits per heavy atom. The lowest BCUT2D eigenvalue weighted by Crippen LogP contribution is -1.87. The van der Waals surface area contributed by atoms with Crippen LogP contribution < -0.4 is 0 Å². The quantitative estimate of drug-likeness (QED) is 0.487. The zero-order chi connectivity index (χ0) is 5.98. The van der Waals surface area contributed by atoms with Gasteiger partial charge in [0, 0.05) is 0 Å². The number of halogens is 1. The molecule has 0 amide bonds. The van der Waals surface area contributed by atoms with Gasteiger partial charge < -0.3 is 0 Å². The van der Waals surface area contributed by atoms with Crippen molar-refractivity contribution in [3.8, 4) is 0 Å². The van der Waals surface area contributed by atoms with Crippen molar-refractivity contribution in [3.63, 3.8) is 0 Å². The highest BCUT2D eigenvalue weighted by molar-refractivity contribution is 9.11. The summed E-state index contributed by atoms with van der Waals surface area (Å²) in [6.45, 7) is 0. The summed E-state index contributed by atoms with van der Waals surface area (Å²) < 4.78 is 1.24. The summed E-state index contributed by atoms with van der Waals surface area (Å²) in [5.41, 5.74) is 0.980. The molecule has 0 N–H and O–H groups in total. The van der Waals surface area contributed by atoms with E-state index in [-0.39, 0.29) is 0 Å². The van der Waals surface area contributed by atoms with Crippen LogP contribution >= 0.6 is 15.9 Å². The third kappa shape index (κ3) is 1.51. The van der Waals surface area contributed by atoms with Crippen LogP contribution in [0.2, 0.25) is 0 Å². The van der Waals surface area contributed by atoms with Crippen molar-refractivity contribution in [1.82, 2.24) is 0 Å². The average Bonchev–Trinajstić information content (AvgIpc) is 1.77. The molecule has 0 atom stereocenters. The van der Waals surface area contributed by atoms with Gasteiger partial charge in [-0.2, -0.15) is 0 Å². The van der Waals surface area contributed by atoms with E-state index in [4.69, 9.17) is 7.85 Å². The van der Waals surface area contributed by atoms with Crippen LogP contribution in [0.4, 0.5) is 0 Å². The van der Waals surface area contributed by atoms with Crippen molar-refractivity contribution in [2.75, 3.05) is 0 Å². The minimum Gasteiger partial charge on any atom is -0.117 e. The molecule has 8 heavy (non-hydrogen) atoms. The van der Waals surface area contributed by atoms with Gasteiger partial charge in [0.2, 0.25) is 0 Å². The maximum absolute atomic E-state index is 5.49. The molecule has 0 saturated carbocycles. The molecule has 0 nitrogen and oxygen atoms in total. The second kappa shape index (κ2) is 2.54. The van der Waals surface area contributed by atoms with E-state index in [1.54, 1.807) is 0 Å². The Bertz CT molecular complexity index is 129. The molecule has 1 aliphatic rings. The van der Waals surface area contributed by atoms with Gasteiger partial charge in [0.1, 0.15) is 7.85 Å². The number of hydrogen-bond acceptors (Lipinski definition) is 0. The molecule has 0 bridgehead atoms. The maximum atomic E-state index is 5.49. The van der Waals surface area contributed by atoms with Gasteiger partial charge in [-0.1, -0.05) is 28.1 Å². The van der Waals surface area contributed by atoms with Crippen molar-refractivity contribution in [2.24, 2.45) is 0 Å². The third-order valence-electron chi connectivity index (χ3n) is 1.13. The van der Waals surface area contributed by atoms with Gasteiger partial charge in [-0.3, -0.25) is 0 Å². The van der Waals surface area contributed by atoms with Crippen LogP contribution in [0.5, 0.6) is 0 Å². The van der Waals surface area contributed by atoms with E-state index in [0.29, 0.717) is 0 Å². The lowest BCUT2D eigenvalue weighted by atomic mass is 9.88. The largest absolute Gasteiger partial charge is 0.117 e. The summed E-state index contributed by atoms with van der Waals surface area (Å²) >= 11 is 3.38. The van der Waals surface area contributed by atoms with E-state index in [2.05, 4.69) is 15.9 Å². The molecule has 40 valence electrons. The van der Waals surface area contributed by atoms with E-state index in [1.165, 1.54) is 4.48 Å². The summed E-state index contributed by atoms with van der Waals surface area (Å²) in [5, 5.41) is 0. The fourth-order valence-electron chi connectivity index (χ4n) is 0.628. The summed E-state index contributed by atoms with van der Waals surface area (Å²) in [6, 6.07) is 0. The summed E-state index contributed by atoms with van der Waals surface area (Å²) in [6.07, 6.45) is 5.99. The van der Waals surface area contributed by atoms with Crippen LogP contribution in [0, 0.1) is 0 Å². The van der Waals surface area contributed by atoms with E-state index >= 15 is 0 Å². The summed E-state index contributed by atoms with van der Waals surface area (Å²) in [7, 11) is 5.49. The first-order valence-corrected chi connectivity index (χ1v) is 3.39. The monoisotopic (exact) mass is 168 g/mol. The molecule has 0 spiro atoms. The third-order valence-corrected chi connectivity index (χ3v) is 1.79. The summed E-state index contributed by atoms with van der Waals surface area (Å²) in [4.78, 5) is 0. The molecule has 2 radical (unpaired) electrons. The molecule has 0 fully saturated rings. The molecule has 1 rings (SSSR count). The van der Waals surface area contributed by atoms with Gasteiger partial charge in [-0.25, -0.2) is 0 Å². The standard InChI is InChI=1S/C6H6BBr/c7-5-1-3-6(8)4-2-5/h1,3H,2,4H2. The molecule has 0 aliphatic heterocycles. The van der Waals surface area contributed by atoms with Crippen molar-refractivity contribution in [1.29, 1.82) is 0 Å². The zero-order valence-corrected chi connectivity index (χ0v) is 6.11. The van der Waals surface area contributed by atoms with Crippen LogP contribution in [-0.4, -0.2) is 7.85 Å². The Morgan fingerprint density at radius 3 is 2.50 bits per heavy atom. The van der Waals surface area contributed by atoms with Crippen LogP contribution in [0.3, 0.4) is 0 Å². The number of allylic oxidation sites excluding steroid dienone is 4. The highest BCUT2D eigenvalue weighted by Gasteiger charge is 1.96. The Morgan fingerprint density at radius 2 is 2.12 bits per heavy atom. The second-order valence-electron chi connectivity index (χ2n) is 1.86. The highest BCUT2D eigenvalue weighted by Crippen LogP contribution is 2.20. The van der Waals surface area contributed by atoms with Crippen molar-refractivity contribution >= 4 is 23.8 Å². The fourth-order valence-corrected chi connectivity index (χ4v) is 0.958. The van der Waals surface area contributed by atoms with Gasteiger partial charge in [0.05, 0.1) is 0 Å². The molecular weight excluding hydrogens is 163 g/mol. The minimum absolute atomic E-state index is 0.980. The predicted octanol–water partition coefficient (Wildman–Crippen LogP) is 2.11. The molecule has 0 aromatic carbocycles. The zero-order valence-electron chi connectivity index (χ0n) is 4.52. The molecule has 1 aliphatic carbocycles. The van der Waals surface area contributed by atoms with Gasteiger partial charge in [-0.05, 0) is 17.3 Å². The number of hydrogen-bond donors (Lipinski definition) is 0. The Kier molecular flexibility index (Phi) is 1.95. The van der Waals surface area contributed by atoms with E-state index < -0.39 is 0 Å². The van der Waals surface area contributed by atoms with Gasteiger partial charge in [-0.15, -0.1) is 5.47 Å². The predicted molar refractivity (Wildman–Crippen MR) is 40.1 cm³/mol. The molecular formula is C6H6BBr.